The number of hydrogen-bond acceptors (Lipinski definition) is 4. The molecule has 21 heavy (non-hydrogen) atoms. The summed E-state index contributed by atoms with van der Waals surface area (Å²) in [5.41, 5.74) is 2.90. The number of hydrogen-bond donors (Lipinski definition) is 2. The monoisotopic (exact) mass is 338 g/mol. The van der Waals surface area contributed by atoms with Gasteiger partial charge >= 0.3 is 0 Å². The van der Waals surface area contributed by atoms with E-state index in [9.17, 15) is 0 Å². The topological polar surface area (TPSA) is 64.1 Å². The smallest absolute Gasteiger partial charge is 0.284 e. The zero-order chi connectivity index (χ0) is 14.3. The van der Waals surface area contributed by atoms with Gasteiger partial charge in [0, 0.05) is 8.51 Å². The van der Waals surface area contributed by atoms with Crippen molar-refractivity contribution >= 4 is 25.1 Å². The quantitative estimate of drug-likeness (QED) is 0.681. The van der Waals surface area contributed by atoms with Gasteiger partial charge in [0.25, 0.3) is 8.08 Å². The van der Waals surface area contributed by atoms with Crippen molar-refractivity contribution in [3.8, 4) is 11.5 Å². The predicted octanol–water partition coefficient (Wildman–Crippen LogP) is 4.31. The third-order valence-corrected chi connectivity index (χ3v) is 6.11. The Morgan fingerprint density at radius 1 is 1.05 bits per heavy atom. The molecule has 3 aromatic rings. The van der Waals surface area contributed by atoms with Gasteiger partial charge in [-0.15, -0.1) is 4.51 Å². The number of aromatic nitrogens is 3. The highest BCUT2D eigenvalue weighted by Gasteiger charge is 2.04. The molecule has 0 saturated carbocycles. The molecular weight excluding hydrogens is 325 g/mol. The Hall–Kier alpha value is -1.70. The molecule has 0 bridgehead atoms. The maximum Gasteiger partial charge on any atom is 0.284 e. The van der Waals surface area contributed by atoms with Crippen LogP contribution in [0, 0.1) is 0 Å². The number of aromatic amines is 1. The van der Waals surface area contributed by atoms with E-state index in [-0.39, 0.29) is 0 Å². The zero-order valence-electron chi connectivity index (χ0n) is 10.9. The fraction of sp³-hybridized carbons (Fsp3) is 0. The number of nitrogens with zero attached hydrogens (tertiary/aromatic N) is 2. The Kier molecular flexibility index (Phi) is 4.99. The molecule has 2 unspecified atom stereocenters. The summed E-state index contributed by atoms with van der Waals surface area (Å²) in [6.45, 7) is 0. The summed E-state index contributed by atoms with van der Waals surface area (Å²) in [6, 6.07) is 19.2. The molecule has 2 atom stereocenters. The molecule has 108 valence electrons. The lowest BCUT2D eigenvalue weighted by atomic mass is 10.3. The number of benzene rings is 2. The van der Waals surface area contributed by atoms with Crippen LogP contribution in [-0.4, -0.2) is 13.2 Å². The molecule has 2 N–H and O–H groups in total. The lowest BCUT2D eigenvalue weighted by Crippen LogP contribution is -2.16. The number of nitrogens with one attached hydrogen (secondary N) is 2. The zero-order valence-corrected chi connectivity index (χ0v) is 13.7. The van der Waals surface area contributed by atoms with Gasteiger partial charge in [0.1, 0.15) is 20.0 Å². The molecule has 6 nitrogen and oxygen atoms in total. The largest absolute Gasteiger partial charge is 0.415 e. The van der Waals surface area contributed by atoms with E-state index >= 15 is 0 Å². The van der Waals surface area contributed by atoms with Crippen LogP contribution >= 0.6 is 25.1 Å². The van der Waals surface area contributed by atoms with Crippen LogP contribution in [0.25, 0.3) is 0 Å². The van der Waals surface area contributed by atoms with Gasteiger partial charge in [-0.1, -0.05) is 42.0 Å². The van der Waals surface area contributed by atoms with Crippen molar-refractivity contribution in [3.05, 3.63) is 60.7 Å². The van der Waals surface area contributed by atoms with Crippen LogP contribution in [0.2, 0.25) is 0 Å². The minimum atomic E-state index is -1.15. The summed E-state index contributed by atoms with van der Waals surface area (Å²) in [7, 11) is -0.00342. The molecule has 0 fully saturated rings. The van der Waals surface area contributed by atoms with Crippen molar-refractivity contribution in [3.63, 3.8) is 0 Å². The van der Waals surface area contributed by atoms with Crippen molar-refractivity contribution in [1.82, 2.24) is 13.2 Å². The van der Waals surface area contributed by atoms with Crippen LogP contribution in [0.15, 0.2) is 60.7 Å². The molecule has 1 aromatic heterocycles. The van der Waals surface area contributed by atoms with Gasteiger partial charge in [0.2, 0.25) is 0 Å². The minimum absolute atomic E-state index is 0.321. The molecule has 9 heteroatoms. The molecule has 0 spiro atoms. The van der Waals surface area contributed by atoms with E-state index in [1.54, 1.807) is 0 Å². The van der Waals surface area contributed by atoms with Crippen LogP contribution < -0.4 is 15.0 Å². The Morgan fingerprint density at radius 3 is 2.43 bits per heavy atom. The molecule has 0 amide bonds. The highest BCUT2D eigenvalue weighted by molar-refractivity contribution is 7.51. The average molecular weight is 338 g/mol. The number of H-pyrrole nitrogens is 1. The number of para-hydroxylation sites is 2. The van der Waals surface area contributed by atoms with Crippen LogP contribution in [0.5, 0.6) is 11.5 Å². The molecule has 0 saturated heterocycles. The Bertz CT molecular complexity index is 703. The van der Waals surface area contributed by atoms with Crippen molar-refractivity contribution in [2.45, 2.75) is 0 Å². The van der Waals surface area contributed by atoms with Gasteiger partial charge in [-0.25, -0.2) is 0 Å². The summed E-state index contributed by atoms with van der Waals surface area (Å²) in [5.74, 6) is 1.53. The van der Waals surface area contributed by atoms with E-state index < -0.39 is 8.08 Å². The van der Waals surface area contributed by atoms with Crippen molar-refractivity contribution in [2.24, 2.45) is 0 Å². The van der Waals surface area contributed by atoms with Crippen LogP contribution in [0.3, 0.4) is 0 Å². The molecule has 0 aliphatic carbocycles. The lowest BCUT2D eigenvalue weighted by molar-refractivity contribution is 0.354. The second-order valence-electron chi connectivity index (χ2n) is 3.89. The highest BCUT2D eigenvalue weighted by atomic mass is 31.2. The molecule has 0 radical (unpaired) electrons. The van der Waals surface area contributed by atoms with Crippen LogP contribution in [0.4, 0.5) is 0 Å². The second kappa shape index (κ2) is 7.35. The maximum absolute atomic E-state index is 5.90. The molecular formula is C12H13N4O2P3. The third kappa shape index (κ3) is 4.13. The summed E-state index contributed by atoms with van der Waals surface area (Å²) >= 11 is 0. The summed E-state index contributed by atoms with van der Waals surface area (Å²) in [6.07, 6.45) is 0. The standard InChI is InChI=1S/C12H13N4O2P3/c1-3-7-11(8-4-1)17-13-16-20-14-19-15-21(16)18-12-9-5-2-6-10-12/h1-10,13,20H,(H,14,15). The Labute approximate surface area is 126 Å². The van der Waals surface area contributed by atoms with Crippen molar-refractivity contribution < 1.29 is 9.36 Å². The first-order valence-electron chi connectivity index (χ1n) is 6.14. The maximum atomic E-state index is 5.90. The first kappa shape index (κ1) is 14.2. The van der Waals surface area contributed by atoms with Gasteiger partial charge in [0.15, 0.2) is 0 Å². The summed E-state index contributed by atoms with van der Waals surface area (Å²) in [5, 5.41) is 0. The van der Waals surface area contributed by atoms with E-state index in [1.165, 1.54) is 0 Å². The Morgan fingerprint density at radius 2 is 1.71 bits per heavy atom. The molecule has 3 rings (SSSR count). The SMILES string of the molecule is c1ccc(ONn2[pH][nH]pnp2Oc2ccccc2)cc1. The first-order chi connectivity index (χ1) is 10.4. The van der Waals surface area contributed by atoms with Gasteiger partial charge in [-0.2, -0.15) is 4.20 Å². The van der Waals surface area contributed by atoms with Crippen LogP contribution in [-0.2, 0) is 0 Å². The van der Waals surface area contributed by atoms with E-state index in [1.807, 2.05) is 64.9 Å². The van der Waals surface area contributed by atoms with Gasteiger partial charge in [-0.3, -0.25) is 0 Å². The molecule has 2 aromatic carbocycles. The van der Waals surface area contributed by atoms with E-state index in [0.29, 0.717) is 8.51 Å². The average Bonchev–Trinajstić information content (AvgIpc) is 2.56. The molecule has 1 heterocycles. The summed E-state index contributed by atoms with van der Waals surface area (Å²) in [4.78, 5) is 5.53. The fourth-order valence-electron chi connectivity index (χ4n) is 1.49. The van der Waals surface area contributed by atoms with E-state index in [4.69, 9.17) is 9.36 Å². The minimum Gasteiger partial charge on any atom is -0.415 e. The molecule has 0 aliphatic rings. The highest BCUT2D eigenvalue weighted by Crippen LogP contribution is 2.30. The first-order valence-corrected chi connectivity index (χ1v) is 9.10. The van der Waals surface area contributed by atoms with Crippen molar-refractivity contribution in [2.75, 3.05) is 5.59 Å². The second-order valence-corrected chi connectivity index (χ2v) is 7.83. The molecule has 0 aliphatic heterocycles. The normalized spacial score (nSPS) is 11.7. The van der Waals surface area contributed by atoms with Gasteiger partial charge in [0.05, 0.1) is 0 Å². The van der Waals surface area contributed by atoms with E-state index in [0.717, 1.165) is 20.0 Å². The van der Waals surface area contributed by atoms with Gasteiger partial charge < -0.3 is 13.9 Å². The lowest BCUT2D eigenvalue weighted by Gasteiger charge is -2.13. The van der Waals surface area contributed by atoms with Gasteiger partial charge in [-0.05, 0) is 24.3 Å². The predicted molar refractivity (Wildman–Crippen MR) is 87.8 cm³/mol. The fourth-order valence-corrected chi connectivity index (χ4v) is 5.22. The summed E-state index contributed by atoms with van der Waals surface area (Å²) < 4.78 is 15.3. The van der Waals surface area contributed by atoms with Crippen molar-refractivity contribution in [1.29, 1.82) is 0 Å². The Balaban J connectivity index is 1.73. The third-order valence-electron chi connectivity index (χ3n) is 2.42. The number of rotatable bonds is 5. The van der Waals surface area contributed by atoms with E-state index in [2.05, 4.69) is 14.6 Å². The van der Waals surface area contributed by atoms with Crippen LogP contribution in [0.1, 0.15) is 0 Å².